The van der Waals surface area contributed by atoms with Crippen molar-refractivity contribution in [2.24, 2.45) is 4.99 Å². The Labute approximate surface area is 156 Å². The van der Waals surface area contributed by atoms with Gasteiger partial charge in [0.05, 0.1) is 17.7 Å². The van der Waals surface area contributed by atoms with Gasteiger partial charge in [0.25, 0.3) is 0 Å². The molecule has 4 nitrogen and oxygen atoms in total. The largest absolute Gasteiger partial charge is 0.496 e. The maximum Gasteiger partial charge on any atom is 0.363 e. The van der Waals surface area contributed by atoms with E-state index in [4.69, 9.17) is 32.7 Å². The first-order valence-corrected chi connectivity index (χ1v) is 8.34. The normalized spacial score (nSPS) is 15.4. The van der Waals surface area contributed by atoms with E-state index >= 15 is 0 Å². The quantitative estimate of drug-likeness (QED) is 0.506. The number of hydrogen-bond donors (Lipinski definition) is 0. The van der Waals surface area contributed by atoms with Crippen molar-refractivity contribution in [1.82, 2.24) is 0 Å². The lowest BCUT2D eigenvalue weighted by molar-refractivity contribution is -0.129. The van der Waals surface area contributed by atoms with Gasteiger partial charge < -0.3 is 9.47 Å². The summed E-state index contributed by atoms with van der Waals surface area (Å²) in [6.07, 6.45) is 1.59. The molecule has 0 atom stereocenters. The molecule has 7 heteroatoms. The van der Waals surface area contributed by atoms with Crippen LogP contribution in [0.3, 0.4) is 0 Å². The number of ether oxygens (including phenoxy) is 2. The Bertz CT molecular complexity index is 893. The van der Waals surface area contributed by atoms with Gasteiger partial charge in [-0.2, -0.15) is 0 Å². The van der Waals surface area contributed by atoms with Gasteiger partial charge in [0.1, 0.15) is 5.75 Å². The third kappa shape index (κ3) is 3.48. The number of carbonyl (C=O) groups excluding carboxylic acids is 1. The van der Waals surface area contributed by atoms with E-state index in [0.717, 1.165) is 4.47 Å². The Morgan fingerprint density at radius 2 is 2.00 bits per heavy atom. The zero-order valence-electron chi connectivity index (χ0n) is 12.3. The first-order valence-electron chi connectivity index (χ1n) is 6.79. The molecule has 0 saturated carbocycles. The number of esters is 1. The lowest BCUT2D eigenvalue weighted by Gasteiger charge is -2.04. The highest BCUT2D eigenvalue weighted by atomic mass is 79.9. The Morgan fingerprint density at radius 3 is 2.75 bits per heavy atom. The molecule has 1 heterocycles. The predicted octanol–water partition coefficient (Wildman–Crippen LogP) is 5.11. The van der Waals surface area contributed by atoms with Crippen molar-refractivity contribution in [2.75, 3.05) is 7.11 Å². The molecule has 1 aliphatic rings. The van der Waals surface area contributed by atoms with E-state index in [-0.39, 0.29) is 11.6 Å². The molecule has 0 fully saturated rings. The molecular formula is C17H10BrCl2NO3. The maximum absolute atomic E-state index is 12.1. The van der Waals surface area contributed by atoms with Crippen LogP contribution in [0.2, 0.25) is 10.0 Å². The molecule has 3 rings (SSSR count). The average Bonchev–Trinajstić information content (AvgIpc) is 2.91. The van der Waals surface area contributed by atoms with Gasteiger partial charge in [0.2, 0.25) is 5.90 Å². The molecule has 0 N–H and O–H groups in total. The van der Waals surface area contributed by atoms with Gasteiger partial charge in [-0.1, -0.05) is 39.1 Å². The van der Waals surface area contributed by atoms with E-state index < -0.39 is 5.97 Å². The van der Waals surface area contributed by atoms with E-state index in [2.05, 4.69) is 20.9 Å². The molecule has 2 aromatic rings. The fourth-order valence-electron chi connectivity index (χ4n) is 2.15. The number of hydrogen-bond acceptors (Lipinski definition) is 4. The third-order valence-corrected chi connectivity index (χ3v) is 4.32. The van der Waals surface area contributed by atoms with Crippen LogP contribution in [0.1, 0.15) is 11.1 Å². The van der Waals surface area contributed by atoms with Crippen molar-refractivity contribution in [3.63, 3.8) is 0 Å². The van der Waals surface area contributed by atoms with Gasteiger partial charge >= 0.3 is 5.97 Å². The fourth-order valence-corrected chi connectivity index (χ4v) is 2.90. The highest BCUT2D eigenvalue weighted by molar-refractivity contribution is 9.10. The summed E-state index contributed by atoms with van der Waals surface area (Å²) in [5, 5.41) is 0.867. The summed E-state index contributed by atoms with van der Waals surface area (Å²) < 4.78 is 11.4. The van der Waals surface area contributed by atoms with E-state index in [0.29, 0.717) is 26.9 Å². The summed E-state index contributed by atoms with van der Waals surface area (Å²) in [4.78, 5) is 16.3. The topological polar surface area (TPSA) is 47.9 Å². The Morgan fingerprint density at radius 1 is 1.21 bits per heavy atom. The lowest BCUT2D eigenvalue weighted by Crippen LogP contribution is -2.06. The molecule has 0 aliphatic carbocycles. The molecule has 0 aromatic heterocycles. The fraction of sp³-hybridized carbons (Fsp3) is 0.0588. The zero-order chi connectivity index (χ0) is 17.3. The molecule has 122 valence electrons. The SMILES string of the molecule is COc1ccc(Br)cc1/C=C1\N=C(c2cc(Cl)ccc2Cl)OC1=O. The third-order valence-electron chi connectivity index (χ3n) is 3.26. The first kappa shape index (κ1) is 17.0. The highest BCUT2D eigenvalue weighted by Gasteiger charge is 2.26. The van der Waals surface area contributed by atoms with Crippen LogP contribution in [0.5, 0.6) is 5.75 Å². The van der Waals surface area contributed by atoms with E-state index in [1.807, 2.05) is 12.1 Å². The van der Waals surface area contributed by atoms with Crippen molar-refractivity contribution >= 4 is 57.1 Å². The predicted molar refractivity (Wildman–Crippen MR) is 97.8 cm³/mol. The van der Waals surface area contributed by atoms with E-state index in [1.165, 1.54) is 0 Å². The monoisotopic (exact) mass is 425 g/mol. The van der Waals surface area contributed by atoms with Crippen LogP contribution < -0.4 is 4.74 Å². The minimum absolute atomic E-state index is 0.118. The number of benzene rings is 2. The number of halogens is 3. The van der Waals surface area contributed by atoms with Crippen molar-refractivity contribution in [3.8, 4) is 5.75 Å². The summed E-state index contributed by atoms with van der Waals surface area (Å²) in [5.41, 5.74) is 1.31. The summed E-state index contributed by atoms with van der Waals surface area (Å²) in [6, 6.07) is 10.3. The molecule has 0 radical (unpaired) electrons. The summed E-state index contributed by atoms with van der Waals surface area (Å²) >= 11 is 15.5. The Balaban J connectivity index is 2.03. The molecular weight excluding hydrogens is 417 g/mol. The molecule has 0 bridgehead atoms. The van der Waals surface area contributed by atoms with Gasteiger partial charge in [-0.15, -0.1) is 0 Å². The highest BCUT2D eigenvalue weighted by Crippen LogP contribution is 2.29. The molecule has 24 heavy (non-hydrogen) atoms. The molecule has 0 unspecified atom stereocenters. The minimum atomic E-state index is -0.567. The Kier molecular flexibility index (Phi) is 4.94. The molecule has 0 saturated heterocycles. The first-order chi connectivity index (χ1) is 11.5. The zero-order valence-corrected chi connectivity index (χ0v) is 15.4. The van der Waals surface area contributed by atoms with Crippen molar-refractivity contribution in [1.29, 1.82) is 0 Å². The van der Waals surface area contributed by atoms with Crippen molar-refractivity contribution < 1.29 is 14.3 Å². The number of cyclic esters (lactones) is 1. The maximum atomic E-state index is 12.1. The van der Waals surface area contributed by atoms with E-state index in [1.54, 1.807) is 37.5 Å². The Hall–Kier alpha value is -1.82. The van der Waals surface area contributed by atoms with Crippen LogP contribution in [0, 0.1) is 0 Å². The summed E-state index contributed by atoms with van der Waals surface area (Å²) in [7, 11) is 1.55. The molecule has 0 amide bonds. The number of rotatable bonds is 3. The standard InChI is InChI=1S/C17H10BrCl2NO3/c1-23-15-5-2-10(18)6-9(15)7-14-17(22)24-16(21-14)12-8-11(19)3-4-13(12)20/h2-8H,1H3/b14-7-. The van der Waals surface area contributed by atoms with Gasteiger partial charge in [-0.3, -0.25) is 0 Å². The number of carbonyl (C=O) groups is 1. The van der Waals surface area contributed by atoms with Gasteiger partial charge in [0.15, 0.2) is 5.70 Å². The van der Waals surface area contributed by atoms with Gasteiger partial charge in [-0.25, -0.2) is 9.79 Å². The second kappa shape index (κ2) is 6.97. The lowest BCUT2D eigenvalue weighted by atomic mass is 10.1. The van der Waals surface area contributed by atoms with Crippen LogP contribution in [-0.4, -0.2) is 19.0 Å². The van der Waals surface area contributed by atoms with Crippen LogP contribution in [0.15, 0.2) is 51.6 Å². The molecule has 0 spiro atoms. The van der Waals surface area contributed by atoms with Gasteiger partial charge in [-0.05, 0) is 42.5 Å². The number of nitrogens with zero attached hydrogens (tertiary/aromatic N) is 1. The second-order valence-corrected chi connectivity index (χ2v) is 6.61. The van der Waals surface area contributed by atoms with Crippen molar-refractivity contribution in [3.05, 3.63) is 67.7 Å². The van der Waals surface area contributed by atoms with Crippen LogP contribution >= 0.6 is 39.1 Å². The van der Waals surface area contributed by atoms with Crippen LogP contribution in [0.4, 0.5) is 0 Å². The molecule has 1 aliphatic heterocycles. The summed E-state index contributed by atoms with van der Waals surface area (Å²) in [6.45, 7) is 0. The smallest absolute Gasteiger partial charge is 0.363 e. The van der Waals surface area contributed by atoms with Crippen LogP contribution in [0.25, 0.3) is 6.08 Å². The number of aliphatic imine (C=N–C) groups is 1. The van der Waals surface area contributed by atoms with Crippen molar-refractivity contribution in [2.45, 2.75) is 0 Å². The van der Waals surface area contributed by atoms with Crippen LogP contribution in [-0.2, 0) is 9.53 Å². The average molecular weight is 427 g/mol. The van der Waals surface area contributed by atoms with E-state index in [9.17, 15) is 4.79 Å². The number of methoxy groups -OCH3 is 1. The summed E-state index contributed by atoms with van der Waals surface area (Å²) in [5.74, 6) is 0.165. The van der Waals surface area contributed by atoms with Gasteiger partial charge in [0, 0.05) is 15.1 Å². The molecule has 2 aromatic carbocycles. The minimum Gasteiger partial charge on any atom is -0.496 e. The second-order valence-electron chi connectivity index (χ2n) is 4.85.